The normalized spacial score (nSPS) is 12.4. The average Bonchev–Trinajstić information content (AvgIpc) is 2.93. The fraction of sp³-hybridized carbons (Fsp3) is 0.375. The minimum atomic E-state index is -4.20. The van der Waals surface area contributed by atoms with Crippen LogP contribution in [0.5, 0.6) is 5.75 Å². The number of anilines is 1. The van der Waals surface area contributed by atoms with Gasteiger partial charge in [0.05, 0.1) is 27.2 Å². The van der Waals surface area contributed by atoms with Gasteiger partial charge >= 0.3 is 0 Å². The number of hydrogen-bond acceptors (Lipinski definition) is 5. The van der Waals surface area contributed by atoms with Gasteiger partial charge < -0.3 is 15.0 Å². The molecule has 1 unspecified atom stereocenters. The predicted octanol–water partition coefficient (Wildman–Crippen LogP) is 6.62. The lowest BCUT2D eigenvalue weighted by atomic mass is 10.1. The number of aryl methyl sites for hydroxylation is 1. The van der Waals surface area contributed by atoms with Crippen LogP contribution in [0.2, 0.25) is 10.0 Å². The molecule has 1 atom stereocenters. The Morgan fingerprint density at radius 1 is 0.930 bits per heavy atom. The van der Waals surface area contributed by atoms with Gasteiger partial charge in [0.25, 0.3) is 10.0 Å². The van der Waals surface area contributed by atoms with Crippen molar-refractivity contribution in [1.29, 1.82) is 0 Å². The SMILES string of the molecule is CCOc1ccc(S(=O)(=O)N(CC(=O)N(Cc2ccc(Cl)c(Cl)c2)C(CC)C(=O)NC(C)(C)C)c2ccc(C)cc2)cc1. The summed E-state index contributed by atoms with van der Waals surface area (Å²) in [4.78, 5) is 29.0. The minimum Gasteiger partial charge on any atom is -0.494 e. The number of carbonyl (C=O) groups is 2. The molecule has 0 saturated heterocycles. The molecule has 8 nitrogen and oxygen atoms in total. The zero-order valence-corrected chi connectivity index (χ0v) is 27.7. The summed E-state index contributed by atoms with van der Waals surface area (Å²) in [5.41, 5.74) is 1.34. The van der Waals surface area contributed by atoms with Gasteiger partial charge in [-0.25, -0.2) is 8.42 Å². The Balaban J connectivity index is 2.07. The first-order valence-electron chi connectivity index (χ1n) is 14.0. The summed E-state index contributed by atoms with van der Waals surface area (Å²) in [6.45, 7) is 11.0. The van der Waals surface area contributed by atoms with Crippen LogP contribution < -0.4 is 14.4 Å². The van der Waals surface area contributed by atoms with E-state index < -0.39 is 34.1 Å². The van der Waals surface area contributed by atoms with Crippen molar-refractivity contribution >= 4 is 50.7 Å². The first-order valence-corrected chi connectivity index (χ1v) is 16.2. The van der Waals surface area contributed by atoms with E-state index in [4.69, 9.17) is 27.9 Å². The van der Waals surface area contributed by atoms with Crippen molar-refractivity contribution < 1.29 is 22.7 Å². The van der Waals surface area contributed by atoms with Crippen LogP contribution in [0.3, 0.4) is 0 Å². The molecule has 232 valence electrons. The molecule has 0 aliphatic carbocycles. The fourth-order valence-electron chi connectivity index (χ4n) is 4.45. The van der Waals surface area contributed by atoms with E-state index in [1.165, 1.54) is 17.0 Å². The van der Waals surface area contributed by atoms with Crippen LogP contribution in [0.15, 0.2) is 71.6 Å². The lowest BCUT2D eigenvalue weighted by Crippen LogP contribution is -2.55. The van der Waals surface area contributed by atoms with Gasteiger partial charge in [-0.2, -0.15) is 0 Å². The number of hydrogen-bond donors (Lipinski definition) is 1. The van der Waals surface area contributed by atoms with Gasteiger partial charge in [-0.1, -0.05) is 53.9 Å². The Bertz CT molecular complexity index is 1520. The van der Waals surface area contributed by atoms with Crippen LogP contribution in [0.4, 0.5) is 5.69 Å². The lowest BCUT2D eigenvalue weighted by molar-refractivity contribution is -0.141. The first kappa shape index (κ1) is 34.2. The van der Waals surface area contributed by atoms with Crippen molar-refractivity contribution in [3.8, 4) is 5.75 Å². The zero-order chi connectivity index (χ0) is 31.9. The van der Waals surface area contributed by atoms with E-state index in [1.807, 2.05) is 34.6 Å². The molecule has 0 aliphatic heterocycles. The number of ether oxygens (including phenoxy) is 1. The van der Waals surface area contributed by atoms with Gasteiger partial charge in [0.15, 0.2) is 0 Å². The van der Waals surface area contributed by atoms with E-state index in [0.29, 0.717) is 40.1 Å². The number of halogens is 2. The first-order chi connectivity index (χ1) is 20.2. The maximum atomic E-state index is 14.2. The second kappa shape index (κ2) is 14.5. The summed E-state index contributed by atoms with van der Waals surface area (Å²) in [5, 5.41) is 3.61. The van der Waals surface area contributed by atoms with Crippen molar-refractivity contribution in [1.82, 2.24) is 10.2 Å². The molecule has 0 fully saturated rings. The zero-order valence-electron chi connectivity index (χ0n) is 25.4. The van der Waals surface area contributed by atoms with E-state index in [2.05, 4.69) is 5.32 Å². The van der Waals surface area contributed by atoms with Crippen LogP contribution in [0.1, 0.15) is 52.2 Å². The third-order valence-electron chi connectivity index (χ3n) is 6.54. The van der Waals surface area contributed by atoms with Gasteiger partial charge in [0.2, 0.25) is 11.8 Å². The van der Waals surface area contributed by atoms with Gasteiger partial charge in [-0.3, -0.25) is 13.9 Å². The summed E-state index contributed by atoms with van der Waals surface area (Å²) in [5.74, 6) is -0.375. The molecule has 0 saturated carbocycles. The maximum Gasteiger partial charge on any atom is 0.264 e. The van der Waals surface area contributed by atoms with Crippen molar-refractivity contribution in [3.05, 3.63) is 87.9 Å². The standard InChI is InChI=1S/C32H39Cl2N3O5S/c1-7-29(31(39)35-32(4,5)6)36(20-23-11-18-27(33)28(34)19-23)30(38)21-37(24-12-9-22(3)10-13-24)43(40,41)26-16-14-25(15-17-26)42-8-2/h9-19,29H,7-8,20-21H2,1-6H3,(H,35,39). The fourth-order valence-corrected chi connectivity index (χ4v) is 6.18. The second-order valence-corrected chi connectivity index (χ2v) is 13.9. The Hall–Kier alpha value is -3.27. The largest absolute Gasteiger partial charge is 0.494 e. The highest BCUT2D eigenvalue weighted by atomic mass is 35.5. The Labute approximate surface area is 265 Å². The molecule has 3 aromatic carbocycles. The summed E-state index contributed by atoms with van der Waals surface area (Å²) in [6.07, 6.45) is 0.297. The third-order valence-corrected chi connectivity index (χ3v) is 9.07. The molecule has 0 heterocycles. The molecule has 11 heteroatoms. The smallest absolute Gasteiger partial charge is 0.264 e. The number of sulfonamides is 1. The Morgan fingerprint density at radius 3 is 2.09 bits per heavy atom. The molecule has 3 rings (SSSR count). The molecule has 0 bridgehead atoms. The summed E-state index contributed by atoms with van der Waals surface area (Å²) >= 11 is 12.4. The summed E-state index contributed by atoms with van der Waals surface area (Å²) in [7, 11) is -4.20. The molecule has 2 amide bonds. The van der Waals surface area contributed by atoms with E-state index in [0.717, 1.165) is 9.87 Å². The monoisotopic (exact) mass is 647 g/mol. The van der Waals surface area contributed by atoms with E-state index in [-0.39, 0.29) is 17.3 Å². The number of amides is 2. The van der Waals surface area contributed by atoms with Crippen molar-refractivity contribution in [3.63, 3.8) is 0 Å². The minimum absolute atomic E-state index is 0.00196. The highest BCUT2D eigenvalue weighted by Crippen LogP contribution is 2.28. The topological polar surface area (TPSA) is 96.0 Å². The van der Waals surface area contributed by atoms with E-state index in [9.17, 15) is 18.0 Å². The third kappa shape index (κ3) is 9.11. The van der Waals surface area contributed by atoms with Crippen molar-refractivity contribution in [2.45, 2.75) is 71.0 Å². The predicted molar refractivity (Wildman–Crippen MR) is 172 cm³/mol. The average molecular weight is 649 g/mol. The van der Waals surface area contributed by atoms with Crippen molar-refractivity contribution in [2.75, 3.05) is 17.5 Å². The van der Waals surface area contributed by atoms with E-state index >= 15 is 0 Å². The molecular weight excluding hydrogens is 609 g/mol. The second-order valence-electron chi connectivity index (χ2n) is 11.2. The number of benzene rings is 3. The molecular formula is C32H39Cl2N3O5S. The van der Waals surface area contributed by atoms with Gasteiger partial charge in [-0.15, -0.1) is 0 Å². The van der Waals surface area contributed by atoms with Gasteiger partial charge in [0, 0.05) is 12.1 Å². The maximum absolute atomic E-state index is 14.2. The Morgan fingerprint density at radius 2 is 1.56 bits per heavy atom. The molecule has 1 N–H and O–H groups in total. The number of nitrogens with zero attached hydrogens (tertiary/aromatic N) is 2. The molecule has 43 heavy (non-hydrogen) atoms. The molecule has 3 aromatic rings. The molecule has 0 aromatic heterocycles. The van der Waals surface area contributed by atoms with Crippen LogP contribution >= 0.6 is 23.2 Å². The Kier molecular flexibility index (Phi) is 11.5. The van der Waals surface area contributed by atoms with Gasteiger partial charge in [-0.05, 0) is 95.1 Å². The highest BCUT2D eigenvalue weighted by molar-refractivity contribution is 7.92. The quantitative estimate of drug-likeness (QED) is 0.238. The molecule has 0 spiro atoms. The van der Waals surface area contributed by atoms with Crippen LogP contribution in [0, 0.1) is 6.92 Å². The van der Waals surface area contributed by atoms with Crippen LogP contribution in [-0.2, 0) is 26.2 Å². The van der Waals surface area contributed by atoms with Crippen molar-refractivity contribution in [2.24, 2.45) is 0 Å². The number of rotatable bonds is 12. The summed E-state index contributed by atoms with van der Waals surface area (Å²) < 4.78 is 34.6. The molecule has 0 aliphatic rings. The highest BCUT2D eigenvalue weighted by Gasteiger charge is 2.34. The lowest BCUT2D eigenvalue weighted by Gasteiger charge is -2.35. The number of carbonyl (C=O) groups excluding carboxylic acids is 2. The van der Waals surface area contributed by atoms with Gasteiger partial charge in [0.1, 0.15) is 18.3 Å². The number of nitrogens with one attached hydrogen (secondary N) is 1. The summed E-state index contributed by atoms with van der Waals surface area (Å²) in [6, 6.07) is 17.0. The molecule has 0 radical (unpaired) electrons. The van der Waals surface area contributed by atoms with E-state index in [1.54, 1.807) is 61.5 Å². The van der Waals surface area contributed by atoms with Crippen LogP contribution in [-0.4, -0.2) is 49.9 Å². The van der Waals surface area contributed by atoms with Crippen LogP contribution in [0.25, 0.3) is 0 Å².